The molecular weight excluding hydrogens is 210 g/mol. The molecule has 0 amide bonds. The molecule has 102 valence electrons. The van der Waals surface area contributed by atoms with Gasteiger partial charge in [0.2, 0.25) is 0 Å². The maximum atomic E-state index is 9.63. The van der Waals surface area contributed by atoms with Crippen LogP contribution in [0.3, 0.4) is 0 Å². The van der Waals surface area contributed by atoms with E-state index >= 15 is 0 Å². The number of rotatable bonds is 5. The highest BCUT2D eigenvalue weighted by Crippen LogP contribution is 2.35. The van der Waals surface area contributed by atoms with Crippen LogP contribution in [-0.4, -0.2) is 24.8 Å². The van der Waals surface area contributed by atoms with E-state index in [1.807, 2.05) is 0 Å². The van der Waals surface area contributed by atoms with Gasteiger partial charge in [-0.15, -0.1) is 0 Å². The zero-order valence-corrected chi connectivity index (χ0v) is 12.2. The number of aliphatic hydroxyl groups is 1. The first-order valence-corrected chi connectivity index (χ1v) is 7.21. The number of hydrogen-bond donors (Lipinski definition) is 2. The Morgan fingerprint density at radius 1 is 1.18 bits per heavy atom. The van der Waals surface area contributed by atoms with E-state index in [2.05, 4.69) is 33.0 Å². The molecule has 2 nitrogen and oxygen atoms in total. The average Bonchev–Trinajstić information content (AvgIpc) is 2.29. The van der Waals surface area contributed by atoms with Crippen LogP contribution in [0.4, 0.5) is 0 Å². The highest BCUT2D eigenvalue weighted by Gasteiger charge is 2.31. The Labute approximate surface area is 107 Å². The summed E-state index contributed by atoms with van der Waals surface area (Å²) in [5, 5.41) is 13.2. The maximum absolute atomic E-state index is 9.63. The van der Waals surface area contributed by atoms with Gasteiger partial charge < -0.3 is 10.4 Å². The third-order valence-corrected chi connectivity index (χ3v) is 4.68. The third kappa shape index (κ3) is 4.59. The molecule has 0 spiro atoms. The van der Waals surface area contributed by atoms with Gasteiger partial charge in [0.25, 0.3) is 0 Å². The Morgan fingerprint density at radius 3 is 2.24 bits per heavy atom. The Morgan fingerprint density at radius 2 is 1.76 bits per heavy atom. The Balaban J connectivity index is 2.33. The van der Waals surface area contributed by atoms with Crippen molar-refractivity contribution in [2.45, 2.75) is 59.8 Å². The van der Waals surface area contributed by atoms with Crippen molar-refractivity contribution < 1.29 is 5.11 Å². The fraction of sp³-hybridized carbons (Fsp3) is 1.00. The lowest BCUT2D eigenvalue weighted by atomic mass is 9.74. The quantitative estimate of drug-likeness (QED) is 0.774. The van der Waals surface area contributed by atoms with E-state index in [4.69, 9.17) is 0 Å². The molecular formula is C15H31NO. The molecule has 1 fully saturated rings. The van der Waals surface area contributed by atoms with Gasteiger partial charge in [0.1, 0.15) is 0 Å². The highest BCUT2D eigenvalue weighted by molar-refractivity contribution is 4.85. The molecule has 0 bridgehead atoms. The molecule has 1 aliphatic carbocycles. The van der Waals surface area contributed by atoms with E-state index in [9.17, 15) is 5.11 Å². The molecule has 0 aromatic carbocycles. The Hall–Kier alpha value is -0.0800. The van der Waals surface area contributed by atoms with Crippen molar-refractivity contribution in [3.63, 3.8) is 0 Å². The van der Waals surface area contributed by atoms with Crippen LogP contribution in [0.15, 0.2) is 0 Å². The molecule has 17 heavy (non-hydrogen) atoms. The summed E-state index contributed by atoms with van der Waals surface area (Å²) in [4.78, 5) is 0. The van der Waals surface area contributed by atoms with Crippen LogP contribution < -0.4 is 5.32 Å². The topological polar surface area (TPSA) is 32.3 Å². The lowest BCUT2D eigenvalue weighted by molar-refractivity contribution is 0.0786. The molecule has 0 heterocycles. The van der Waals surface area contributed by atoms with Gasteiger partial charge in [0.15, 0.2) is 0 Å². The molecule has 1 unspecified atom stereocenters. The van der Waals surface area contributed by atoms with Crippen molar-refractivity contribution >= 4 is 0 Å². The number of nitrogens with one attached hydrogen (secondary N) is 1. The minimum absolute atomic E-state index is 0.176. The zero-order chi connectivity index (χ0) is 12.9. The maximum Gasteiger partial charge on any atom is 0.0499 e. The van der Waals surface area contributed by atoms with Gasteiger partial charge >= 0.3 is 0 Å². The molecule has 0 radical (unpaired) electrons. The zero-order valence-electron chi connectivity index (χ0n) is 12.2. The first-order valence-electron chi connectivity index (χ1n) is 7.21. The second kappa shape index (κ2) is 6.19. The summed E-state index contributed by atoms with van der Waals surface area (Å²) in [6, 6.07) is 0. The van der Waals surface area contributed by atoms with E-state index in [0.29, 0.717) is 17.9 Å². The molecule has 2 N–H and O–H groups in total. The van der Waals surface area contributed by atoms with Crippen molar-refractivity contribution in [2.24, 2.45) is 16.7 Å². The summed E-state index contributed by atoms with van der Waals surface area (Å²) < 4.78 is 0. The minimum atomic E-state index is 0.176. The van der Waals surface area contributed by atoms with E-state index in [0.717, 1.165) is 13.1 Å². The summed E-state index contributed by atoms with van der Waals surface area (Å²) in [6.07, 6.45) is 6.31. The summed E-state index contributed by atoms with van der Waals surface area (Å²) in [5.41, 5.74) is 0.543. The fourth-order valence-corrected chi connectivity index (χ4v) is 2.55. The van der Waals surface area contributed by atoms with Crippen LogP contribution in [0.2, 0.25) is 0 Å². The summed E-state index contributed by atoms with van der Waals surface area (Å²) >= 11 is 0. The van der Waals surface area contributed by atoms with Gasteiger partial charge in [-0.25, -0.2) is 0 Å². The summed E-state index contributed by atoms with van der Waals surface area (Å²) in [6.45, 7) is 11.6. The molecule has 1 atom stereocenters. The van der Waals surface area contributed by atoms with Gasteiger partial charge in [-0.1, -0.05) is 47.0 Å². The average molecular weight is 241 g/mol. The van der Waals surface area contributed by atoms with Crippen LogP contribution in [0.25, 0.3) is 0 Å². The molecule has 0 aliphatic heterocycles. The van der Waals surface area contributed by atoms with Crippen molar-refractivity contribution in [1.29, 1.82) is 0 Å². The van der Waals surface area contributed by atoms with Crippen LogP contribution in [0.1, 0.15) is 59.8 Å². The van der Waals surface area contributed by atoms with E-state index in [-0.39, 0.29) is 5.41 Å². The Bertz CT molecular complexity index is 213. The second-order valence-corrected chi connectivity index (χ2v) is 7.12. The lowest BCUT2D eigenvalue weighted by Crippen LogP contribution is -2.41. The monoisotopic (exact) mass is 241 g/mol. The van der Waals surface area contributed by atoms with Gasteiger partial charge in [-0.3, -0.25) is 0 Å². The first kappa shape index (κ1) is 15.0. The predicted octanol–water partition coefficient (Wildman–Crippen LogP) is 3.20. The van der Waals surface area contributed by atoms with Crippen molar-refractivity contribution in [3.05, 3.63) is 0 Å². The second-order valence-electron chi connectivity index (χ2n) is 7.12. The molecule has 1 aliphatic rings. The van der Waals surface area contributed by atoms with Gasteiger partial charge in [0.05, 0.1) is 0 Å². The molecule has 0 aromatic rings. The van der Waals surface area contributed by atoms with E-state index < -0.39 is 0 Å². The molecule has 1 saturated carbocycles. The standard InChI is InChI=1S/C15H31NO/c1-13(14(2,3)4)10-16-11-15(12-17)8-6-5-7-9-15/h13,16-17H,5-12H2,1-4H3. The van der Waals surface area contributed by atoms with E-state index in [1.165, 1.54) is 32.1 Å². The molecule has 0 saturated heterocycles. The molecule has 1 rings (SSSR count). The third-order valence-electron chi connectivity index (χ3n) is 4.68. The number of aliphatic hydroxyl groups excluding tert-OH is 1. The van der Waals surface area contributed by atoms with Crippen molar-refractivity contribution in [3.8, 4) is 0 Å². The summed E-state index contributed by atoms with van der Waals surface area (Å²) in [5.74, 6) is 0.668. The summed E-state index contributed by atoms with van der Waals surface area (Å²) in [7, 11) is 0. The molecule has 0 aromatic heterocycles. The highest BCUT2D eigenvalue weighted by atomic mass is 16.3. The van der Waals surface area contributed by atoms with Gasteiger partial charge in [0, 0.05) is 18.6 Å². The molecule has 2 heteroatoms. The van der Waals surface area contributed by atoms with Crippen LogP contribution in [0.5, 0.6) is 0 Å². The predicted molar refractivity (Wildman–Crippen MR) is 74.1 cm³/mol. The lowest BCUT2D eigenvalue weighted by Gasteiger charge is -2.37. The largest absolute Gasteiger partial charge is 0.396 e. The number of hydrogen-bond acceptors (Lipinski definition) is 2. The van der Waals surface area contributed by atoms with Crippen LogP contribution >= 0.6 is 0 Å². The van der Waals surface area contributed by atoms with Crippen molar-refractivity contribution in [1.82, 2.24) is 5.32 Å². The van der Waals surface area contributed by atoms with Gasteiger partial charge in [-0.2, -0.15) is 0 Å². The Kier molecular flexibility index (Phi) is 5.46. The van der Waals surface area contributed by atoms with Crippen LogP contribution in [-0.2, 0) is 0 Å². The van der Waals surface area contributed by atoms with E-state index in [1.54, 1.807) is 0 Å². The van der Waals surface area contributed by atoms with Crippen LogP contribution in [0, 0.1) is 16.7 Å². The fourth-order valence-electron chi connectivity index (χ4n) is 2.55. The van der Waals surface area contributed by atoms with Gasteiger partial charge in [-0.05, 0) is 30.7 Å². The minimum Gasteiger partial charge on any atom is -0.396 e. The SMILES string of the molecule is CC(CNCC1(CO)CCCCC1)C(C)(C)C. The normalized spacial score (nSPS) is 22.4. The van der Waals surface area contributed by atoms with Crippen molar-refractivity contribution in [2.75, 3.05) is 19.7 Å². The first-order chi connectivity index (χ1) is 7.90. The smallest absolute Gasteiger partial charge is 0.0499 e.